The van der Waals surface area contributed by atoms with Gasteiger partial charge in [-0.2, -0.15) is 0 Å². The van der Waals surface area contributed by atoms with E-state index in [1.807, 2.05) is 27.7 Å². The molecule has 0 saturated heterocycles. The van der Waals surface area contributed by atoms with Gasteiger partial charge in [-0.1, -0.05) is 48.0 Å². The lowest BCUT2D eigenvalue weighted by Gasteiger charge is -2.33. The van der Waals surface area contributed by atoms with Crippen LogP contribution in [0, 0.1) is 29.6 Å². The molecule has 0 spiro atoms. The van der Waals surface area contributed by atoms with Crippen LogP contribution >= 0.6 is 0 Å². The lowest BCUT2D eigenvalue weighted by atomic mass is 9.78. The summed E-state index contributed by atoms with van der Waals surface area (Å²) < 4.78 is 0. The number of hydrogen-bond acceptors (Lipinski definition) is 5. The second kappa shape index (κ2) is 8.54. The molecule has 1 fully saturated rings. The van der Waals surface area contributed by atoms with Gasteiger partial charge in [0.25, 0.3) is 0 Å². The summed E-state index contributed by atoms with van der Waals surface area (Å²) in [7, 11) is 0. The average molecular weight is 354 g/mol. The van der Waals surface area contributed by atoms with Crippen LogP contribution in [0.4, 0.5) is 0 Å². The zero-order chi connectivity index (χ0) is 19.5. The van der Waals surface area contributed by atoms with Crippen LogP contribution in [0.3, 0.4) is 0 Å². The van der Waals surface area contributed by atoms with Gasteiger partial charge in [-0.05, 0) is 31.1 Å². The molecule has 3 unspecified atom stereocenters. The summed E-state index contributed by atoms with van der Waals surface area (Å²) in [4.78, 5) is 38.1. The van der Waals surface area contributed by atoms with Gasteiger partial charge in [0.2, 0.25) is 0 Å². The zero-order valence-corrected chi connectivity index (χ0v) is 16.4. The van der Waals surface area contributed by atoms with Gasteiger partial charge >= 0.3 is 0 Å². The summed E-state index contributed by atoms with van der Waals surface area (Å²) in [6, 6.07) is 0. The highest BCUT2D eigenvalue weighted by atomic mass is 16.4. The normalized spacial score (nSPS) is 28.4. The van der Waals surface area contributed by atoms with E-state index in [-0.39, 0.29) is 6.42 Å². The SMILES string of the molecule is CC(C)CCC(O)C1(O)C(=O)C(C(=O)C(C)C)C(=O)[C@H]1CCC(C)C. The molecule has 1 aliphatic carbocycles. The van der Waals surface area contributed by atoms with E-state index in [1.54, 1.807) is 13.8 Å². The van der Waals surface area contributed by atoms with Crippen LogP contribution < -0.4 is 0 Å². The third-order valence-corrected chi connectivity index (χ3v) is 5.23. The predicted molar refractivity (Wildman–Crippen MR) is 95.9 cm³/mol. The number of carbonyl (C=O) groups is 3. The first-order chi connectivity index (χ1) is 11.4. The maximum Gasteiger partial charge on any atom is 0.185 e. The molecule has 2 N–H and O–H groups in total. The number of hydrogen-bond donors (Lipinski definition) is 2. The lowest BCUT2D eigenvalue weighted by molar-refractivity contribution is -0.158. The monoisotopic (exact) mass is 354 g/mol. The van der Waals surface area contributed by atoms with Crippen LogP contribution in [0.1, 0.15) is 67.2 Å². The van der Waals surface area contributed by atoms with E-state index in [2.05, 4.69) is 0 Å². The first-order valence-electron chi connectivity index (χ1n) is 9.46. The second-order valence-corrected chi connectivity index (χ2v) is 8.59. The maximum atomic E-state index is 12.9. The third kappa shape index (κ3) is 4.56. The van der Waals surface area contributed by atoms with E-state index in [9.17, 15) is 24.6 Å². The second-order valence-electron chi connectivity index (χ2n) is 8.59. The largest absolute Gasteiger partial charge is 0.390 e. The smallest absolute Gasteiger partial charge is 0.185 e. The number of ketones is 3. The Labute approximate surface area is 151 Å². The van der Waals surface area contributed by atoms with Crippen LogP contribution in [0.15, 0.2) is 0 Å². The number of carbonyl (C=O) groups excluding carboxylic acids is 3. The Bertz CT molecular complexity index is 508. The summed E-state index contributed by atoms with van der Waals surface area (Å²) in [5, 5.41) is 21.7. The van der Waals surface area contributed by atoms with Crippen LogP contribution in [-0.4, -0.2) is 39.3 Å². The number of Topliss-reactive ketones (excluding diaryl/α,β-unsaturated/α-hetero) is 3. The van der Waals surface area contributed by atoms with E-state index in [0.717, 1.165) is 0 Å². The molecule has 0 bridgehead atoms. The quantitative estimate of drug-likeness (QED) is 0.621. The highest BCUT2D eigenvalue weighted by Gasteiger charge is 2.64. The molecule has 25 heavy (non-hydrogen) atoms. The molecule has 4 atom stereocenters. The molecule has 1 rings (SSSR count). The molecule has 0 heterocycles. The zero-order valence-electron chi connectivity index (χ0n) is 16.4. The third-order valence-electron chi connectivity index (χ3n) is 5.23. The standard InChI is InChI=1S/C20H34O5/c1-11(2)7-9-14-18(23)16(17(22)13(5)6)19(24)20(14,25)15(21)10-8-12(3)4/h11-16,21,25H,7-10H2,1-6H3/t14-,15?,16?,20?/m1/s1. The number of aliphatic hydroxyl groups excluding tert-OH is 1. The molecule has 1 saturated carbocycles. The van der Waals surface area contributed by atoms with Crippen molar-refractivity contribution in [2.75, 3.05) is 0 Å². The van der Waals surface area contributed by atoms with Crippen LogP contribution in [0.5, 0.6) is 0 Å². The summed E-state index contributed by atoms with van der Waals surface area (Å²) in [6.07, 6.45) is 0.483. The lowest BCUT2D eigenvalue weighted by Crippen LogP contribution is -2.52. The highest BCUT2D eigenvalue weighted by molar-refractivity contribution is 6.27. The summed E-state index contributed by atoms with van der Waals surface area (Å²) in [5.74, 6) is -4.10. The van der Waals surface area contributed by atoms with E-state index >= 15 is 0 Å². The molecular weight excluding hydrogens is 320 g/mol. The fourth-order valence-corrected chi connectivity index (χ4v) is 3.52. The van der Waals surface area contributed by atoms with Crippen molar-refractivity contribution in [3.63, 3.8) is 0 Å². The molecule has 0 aliphatic heterocycles. The van der Waals surface area contributed by atoms with Crippen LogP contribution in [0.2, 0.25) is 0 Å². The van der Waals surface area contributed by atoms with Crippen LogP contribution in [0.25, 0.3) is 0 Å². The molecule has 0 aromatic heterocycles. The van der Waals surface area contributed by atoms with Gasteiger partial charge in [-0.25, -0.2) is 0 Å². The number of rotatable bonds is 9. The Balaban J connectivity index is 3.20. The number of aliphatic hydroxyl groups is 2. The Morgan fingerprint density at radius 2 is 1.52 bits per heavy atom. The molecule has 0 radical (unpaired) electrons. The Morgan fingerprint density at radius 3 is 1.96 bits per heavy atom. The molecule has 0 aromatic rings. The van der Waals surface area contributed by atoms with Crippen molar-refractivity contribution in [1.29, 1.82) is 0 Å². The van der Waals surface area contributed by atoms with E-state index in [1.165, 1.54) is 0 Å². The minimum absolute atomic E-state index is 0.230. The minimum Gasteiger partial charge on any atom is -0.390 e. The fraction of sp³-hybridized carbons (Fsp3) is 0.850. The predicted octanol–water partition coefficient (Wildman–Crippen LogP) is 2.56. The maximum absolute atomic E-state index is 12.9. The van der Waals surface area contributed by atoms with Crippen LogP contribution in [-0.2, 0) is 14.4 Å². The minimum atomic E-state index is -2.14. The average Bonchev–Trinajstić information content (AvgIpc) is 2.69. The van der Waals surface area contributed by atoms with Gasteiger partial charge in [0.15, 0.2) is 23.0 Å². The van der Waals surface area contributed by atoms with Crippen molar-refractivity contribution in [1.82, 2.24) is 0 Å². The molecule has 0 aromatic carbocycles. The fourth-order valence-electron chi connectivity index (χ4n) is 3.52. The van der Waals surface area contributed by atoms with Gasteiger partial charge in [-0.3, -0.25) is 14.4 Å². The summed E-state index contributed by atoms with van der Waals surface area (Å²) in [5.41, 5.74) is -2.14. The van der Waals surface area contributed by atoms with Crippen molar-refractivity contribution in [3.05, 3.63) is 0 Å². The van der Waals surface area contributed by atoms with E-state index in [4.69, 9.17) is 0 Å². The first-order valence-corrected chi connectivity index (χ1v) is 9.46. The topological polar surface area (TPSA) is 91.7 Å². The molecule has 1 aliphatic rings. The van der Waals surface area contributed by atoms with Crippen molar-refractivity contribution >= 4 is 17.3 Å². The molecule has 5 nitrogen and oxygen atoms in total. The van der Waals surface area contributed by atoms with Gasteiger partial charge in [0.05, 0.1) is 12.0 Å². The first kappa shape index (κ1) is 22.0. The van der Waals surface area contributed by atoms with Crippen molar-refractivity contribution in [2.24, 2.45) is 29.6 Å². The van der Waals surface area contributed by atoms with Gasteiger partial charge in [0.1, 0.15) is 5.92 Å². The summed E-state index contributed by atoms with van der Waals surface area (Å²) in [6.45, 7) is 11.2. The Hall–Kier alpha value is -1.07. The van der Waals surface area contributed by atoms with Crippen molar-refractivity contribution < 1.29 is 24.6 Å². The summed E-state index contributed by atoms with van der Waals surface area (Å²) >= 11 is 0. The van der Waals surface area contributed by atoms with E-state index in [0.29, 0.717) is 31.1 Å². The Morgan fingerprint density at radius 1 is 1.00 bits per heavy atom. The molecule has 5 heteroatoms. The highest BCUT2D eigenvalue weighted by Crippen LogP contribution is 2.42. The molecular formula is C20H34O5. The molecule has 144 valence electrons. The van der Waals surface area contributed by atoms with Crippen molar-refractivity contribution in [2.45, 2.75) is 78.9 Å². The molecule has 0 amide bonds. The van der Waals surface area contributed by atoms with E-state index < -0.39 is 46.8 Å². The van der Waals surface area contributed by atoms with Gasteiger partial charge in [0, 0.05) is 5.92 Å². The van der Waals surface area contributed by atoms with Gasteiger partial charge in [-0.15, -0.1) is 0 Å². The van der Waals surface area contributed by atoms with Gasteiger partial charge < -0.3 is 10.2 Å². The Kier molecular flexibility index (Phi) is 7.51. The van der Waals surface area contributed by atoms with Crippen molar-refractivity contribution in [3.8, 4) is 0 Å².